The summed E-state index contributed by atoms with van der Waals surface area (Å²) in [5, 5.41) is 7.62. The molecule has 8 heteroatoms. The van der Waals surface area contributed by atoms with Crippen LogP contribution in [0.15, 0.2) is 74.7 Å². The Hall–Kier alpha value is -2.97. The minimum Gasteiger partial charge on any atom is -0.493 e. The number of nitrogens with zero attached hydrogens (tertiary/aromatic N) is 2. The SMILES string of the molecule is COc1cc(C=NN2C(=O)[C@@H]3[C@H](C2=O)[C@H]2C=C[C@H]3C2)c(Br)c(Br)c1OCc1cccc2ccccc12. The Labute approximate surface area is 225 Å². The number of allylic oxidation sites excluding steroid dienone is 2. The predicted molar refractivity (Wildman–Crippen MR) is 144 cm³/mol. The van der Waals surface area contributed by atoms with E-state index in [1.165, 1.54) is 6.21 Å². The topological polar surface area (TPSA) is 68.2 Å². The fourth-order valence-electron chi connectivity index (χ4n) is 5.67. The molecule has 1 saturated carbocycles. The van der Waals surface area contributed by atoms with E-state index in [9.17, 15) is 9.59 Å². The Balaban J connectivity index is 1.25. The lowest BCUT2D eigenvalue weighted by Crippen LogP contribution is -2.28. The second-order valence-electron chi connectivity index (χ2n) is 9.28. The molecule has 0 spiro atoms. The lowest BCUT2D eigenvalue weighted by molar-refractivity contribution is -0.140. The van der Waals surface area contributed by atoms with Gasteiger partial charge in [0, 0.05) is 10.0 Å². The van der Waals surface area contributed by atoms with Gasteiger partial charge in [-0.1, -0.05) is 54.6 Å². The zero-order chi connectivity index (χ0) is 25.0. The number of hydrogen-bond acceptors (Lipinski definition) is 5. The summed E-state index contributed by atoms with van der Waals surface area (Å²) in [6, 6.07) is 16.1. The number of ether oxygens (including phenoxy) is 2. The van der Waals surface area contributed by atoms with Gasteiger partial charge in [0.2, 0.25) is 0 Å². The molecule has 2 fully saturated rings. The highest BCUT2D eigenvalue weighted by atomic mass is 79.9. The number of hydrazone groups is 1. The molecule has 6 nitrogen and oxygen atoms in total. The third-order valence-corrected chi connectivity index (χ3v) is 9.53. The van der Waals surface area contributed by atoms with Crippen molar-refractivity contribution in [3.8, 4) is 11.5 Å². The molecule has 0 unspecified atom stereocenters. The van der Waals surface area contributed by atoms with Gasteiger partial charge in [-0.3, -0.25) is 9.59 Å². The van der Waals surface area contributed by atoms with Crippen molar-refractivity contribution < 1.29 is 19.1 Å². The van der Waals surface area contributed by atoms with Crippen molar-refractivity contribution in [2.24, 2.45) is 28.8 Å². The van der Waals surface area contributed by atoms with E-state index in [4.69, 9.17) is 9.47 Å². The largest absolute Gasteiger partial charge is 0.493 e. The Morgan fingerprint density at radius 1 is 1.00 bits per heavy atom. The summed E-state index contributed by atoms with van der Waals surface area (Å²) in [5.74, 6) is 0.362. The fourth-order valence-corrected chi connectivity index (χ4v) is 6.61. The van der Waals surface area contributed by atoms with Crippen LogP contribution in [0.2, 0.25) is 0 Å². The zero-order valence-corrected chi connectivity index (χ0v) is 22.5. The maximum absolute atomic E-state index is 12.9. The van der Waals surface area contributed by atoms with Crippen molar-refractivity contribution in [2.45, 2.75) is 13.0 Å². The molecule has 3 aromatic carbocycles. The summed E-state index contributed by atoms with van der Waals surface area (Å²) >= 11 is 7.22. The first-order valence-corrected chi connectivity index (χ1v) is 13.3. The van der Waals surface area contributed by atoms with Gasteiger partial charge in [0.1, 0.15) is 6.61 Å². The number of rotatable bonds is 6. The molecule has 36 heavy (non-hydrogen) atoms. The van der Waals surface area contributed by atoms with Crippen LogP contribution in [0.25, 0.3) is 10.8 Å². The summed E-state index contributed by atoms with van der Waals surface area (Å²) < 4.78 is 13.2. The predicted octanol–water partition coefficient (Wildman–Crippen LogP) is 6.09. The molecule has 1 saturated heterocycles. The van der Waals surface area contributed by atoms with Crippen LogP contribution in [0.4, 0.5) is 0 Å². The van der Waals surface area contributed by atoms with Crippen molar-refractivity contribution in [1.82, 2.24) is 5.01 Å². The second-order valence-corrected chi connectivity index (χ2v) is 10.9. The molecule has 3 aliphatic rings. The van der Waals surface area contributed by atoms with Gasteiger partial charge >= 0.3 is 0 Å². The van der Waals surface area contributed by atoms with Crippen LogP contribution in [0.1, 0.15) is 17.5 Å². The van der Waals surface area contributed by atoms with Gasteiger partial charge in [-0.2, -0.15) is 10.1 Å². The normalized spacial score (nSPS) is 24.4. The summed E-state index contributed by atoms with van der Waals surface area (Å²) in [7, 11) is 1.57. The third-order valence-electron chi connectivity index (χ3n) is 7.39. The third kappa shape index (κ3) is 3.69. The fraction of sp³-hybridized carbons (Fsp3) is 0.250. The van der Waals surface area contributed by atoms with Crippen LogP contribution >= 0.6 is 31.9 Å². The van der Waals surface area contributed by atoms with E-state index in [1.807, 2.05) is 24.3 Å². The van der Waals surface area contributed by atoms with E-state index in [2.05, 4.69) is 67.3 Å². The Kier molecular flexibility index (Phi) is 5.96. The van der Waals surface area contributed by atoms with Gasteiger partial charge < -0.3 is 9.47 Å². The molecule has 6 rings (SSSR count). The van der Waals surface area contributed by atoms with Crippen LogP contribution < -0.4 is 9.47 Å². The summed E-state index contributed by atoms with van der Waals surface area (Å²) in [4.78, 5) is 25.9. The number of hydrogen-bond donors (Lipinski definition) is 0. The van der Waals surface area contributed by atoms with Crippen molar-refractivity contribution in [3.63, 3.8) is 0 Å². The van der Waals surface area contributed by atoms with Crippen LogP contribution in [0, 0.1) is 23.7 Å². The van der Waals surface area contributed by atoms with E-state index >= 15 is 0 Å². The molecule has 182 valence electrons. The van der Waals surface area contributed by atoms with E-state index in [1.54, 1.807) is 13.2 Å². The number of imide groups is 1. The van der Waals surface area contributed by atoms with E-state index in [0.717, 1.165) is 27.8 Å². The van der Waals surface area contributed by atoms with E-state index in [-0.39, 0.29) is 35.5 Å². The van der Waals surface area contributed by atoms with Crippen LogP contribution in [-0.4, -0.2) is 30.1 Å². The van der Waals surface area contributed by atoms with E-state index < -0.39 is 0 Å². The maximum Gasteiger partial charge on any atom is 0.254 e. The molecule has 0 radical (unpaired) electrons. The molecule has 0 aromatic heterocycles. The van der Waals surface area contributed by atoms with Gasteiger partial charge in [0.15, 0.2) is 11.5 Å². The first-order chi connectivity index (χ1) is 17.5. The smallest absolute Gasteiger partial charge is 0.254 e. The number of halogens is 2. The number of benzene rings is 3. The molecule has 2 amide bonds. The molecule has 2 aliphatic carbocycles. The lowest BCUT2D eigenvalue weighted by atomic mass is 9.85. The van der Waals surface area contributed by atoms with Gasteiger partial charge in [0.25, 0.3) is 11.8 Å². The summed E-state index contributed by atoms with van der Waals surface area (Å²) in [5.41, 5.74) is 1.71. The Morgan fingerprint density at radius 2 is 1.69 bits per heavy atom. The molecule has 0 N–H and O–H groups in total. The average Bonchev–Trinajstić information content (AvgIpc) is 3.58. The number of carbonyl (C=O) groups is 2. The second kappa shape index (κ2) is 9.16. The van der Waals surface area contributed by atoms with Gasteiger partial charge in [0.05, 0.1) is 29.6 Å². The number of methoxy groups -OCH3 is 1. The molecular weight excluding hydrogens is 588 g/mol. The van der Waals surface area contributed by atoms with Gasteiger partial charge in [-0.05, 0) is 72.5 Å². The lowest BCUT2D eigenvalue weighted by Gasteiger charge is -2.16. The minimum absolute atomic E-state index is 0.149. The highest BCUT2D eigenvalue weighted by molar-refractivity contribution is 9.13. The monoisotopic (exact) mass is 608 g/mol. The van der Waals surface area contributed by atoms with Crippen LogP contribution in [-0.2, 0) is 16.2 Å². The van der Waals surface area contributed by atoms with E-state index in [0.29, 0.717) is 32.6 Å². The first-order valence-electron chi connectivity index (χ1n) is 11.7. The molecule has 1 heterocycles. The molecule has 4 atom stereocenters. The highest BCUT2D eigenvalue weighted by Gasteiger charge is 2.59. The maximum atomic E-state index is 12.9. The average molecular weight is 610 g/mol. The first kappa shape index (κ1) is 23.4. The van der Waals surface area contributed by atoms with Crippen LogP contribution in [0.3, 0.4) is 0 Å². The molecule has 2 bridgehead atoms. The van der Waals surface area contributed by atoms with Gasteiger partial charge in [-0.25, -0.2) is 0 Å². The standard InChI is InChI=1S/C28H22Br2N2O4/c1-35-21-12-19(13-31-32-27(33)22-16-9-10-17(11-16)23(22)28(32)34)24(29)25(30)26(21)36-14-18-7-4-6-15-5-2-3-8-20(15)18/h2-10,12-13,16-17,22-23H,11,14H2,1H3/t16-,17-,22-,23+/m0/s1. The summed E-state index contributed by atoms with van der Waals surface area (Å²) in [6.45, 7) is 0.353. The molecule has 1 aliphatic heterocycles. The van der Waals surface area contributed by atoms with Crippen molar-refractivity contribution in [3.05, 3.63) is 80.8 Å². The van der Waals surface area contributed by atoms with Crippen molar-refractivity contribution in [1.29, 1.82) is 0 Å². The number of amides is 2. The minimum atomic E-state index is -0.279. The van der Waals surface area contributed by atoms with Gasteiger partial charge in [-0.15, -0.1) is 0 Å². The highest BCUT2D eigenvalue weighted by Crippen LogP contribution is 2.52. The summed E-state index contributed by atoms with van der Waals surface area (Å²) in [6.07, 6.45) is 6.54. The quantitative estimate of drug-likeness (QED) is 0.193. The zero-order valence-electron chi connectivity index (χ0n) is 19.4. The number of carbonyl (C=O) groups excluding carboxylic acids is 2. The Morgan fingerprint density at radius 3 is 2.42 bits per heavy atom. The number of fused-ring (bicyclic) bond motifs is 6. The Bertz CT molecular complexity index is 1430. The molecule has 3 aromatic rings. The van der Waals surface area contributed by atoms with Crippen LogP contribution in [0.5, 0.6) is 11.5 Å². The van der Waals surface area contributed by atoms with Crippen molar-refractivity contribution in [2.75, 3.05) is 7.11 Å². The van der Waals surface area contributed by atoms with Crippen molar-refractivity contribution >= 4 is 60.7 Å². The molecular formula is C28H22Br2N2O4.